The Morgan fingerprint density at radius 1 is 0.662 bits per heavy atom. The summed E-state index contributed by atoms with van der Waals surface area (Å²) in [6.07, 6.45) is 6.33. The number of anilines is 7. The molecule has 0 bridgehead atoms. The highest BCUT2D eigenvalue weighted by Crippen LogP contribution is 2.40. The molecule has 0 radical (unpaired) electrons. The standard InChI is InChI=1S/C25H29N7O3.C25H31N7O/c1-29(2)12-13-30(3)22-15-24(35-5)20(14-23(22)32(33)34)28-25-26-11-10-19(27-25)18-16-31(4)21-9-7-6-8-17(18)21;1-30(2)12-13-31(3)23-15-24(33-5)21(14-19(23)26)29-25-27-11-10-20(28-25)18-16-32(4)22-9-7-6-8-17(18)22/h6-11,14-16H,12-13H2,1-5H3,(H,26,27,28);6-11,14-16H,12-13,26H2,1-5H3,(H,27,28,29)/i2*4D3. The van der Waals surface area contributed by atoms with Crippen molar-refractivity contribution in [3.05, 3.63) is 120 Å². The first kappa shape index (κ1) is 40.3. The van der Waals surface area contributed by atoms with Gasteiger partial charge < -0.3 is 54.6 Å². The normalized spacial score (nSPS) is 12.9. The second-order valence-corrected chi connectivity index (χ2v) is 16.5. The predicted octanol–water partition coefficient (Wildman–Crippen LogP) is 8.26. The van der Waals surface area contributed by atoms with Crippen LogP contribution in [0.2, 0.25) is 0 Å². The number of ether oxygens (including phenoxy) is 2. The van der Waals surface area contributed by atoms with E-state index in [2.05, 4.69) is 40.4 Å². The van der Waals surface area contributed by atoms with Crippen molar-refractivity contribution in [2.24, 2.45) is 14.0 Å². The Hall–Kier alpha value is -7.96. The van der Waals surface area contributed by atoms with Crippen LogP contribution in [0.15, 0.2) is 110 Å². The Morgan fingerprint density at radius 2 is 1.12 bits per heavy atom. The van der Waals surface area contributed by atoms with Gasteiger partial charge in [0, 0.05) is 138 Å². The molecule has 8 aromatic rings. The number of nitro benzene ring substituents is 1. The van der Waals surface area contributed by atoms with Crippen LogP contribution in [-0.4, -0.2) is 126 Å². The lowest BCUT2D eigenvalue weighted by atomic mass is 10.1. The number of fused-ring (bicyclic) bond motifs is 2. The molecule has 4 aromatic carbocycles. The molecular formula is C50H60N14O4. The fourth-order valence-corrected chi connectivity index (χ4v) is 7.55. The van der Waals surface area contributed by atoms with E-state index in [1.807, 2.05) is 81.4 Å². The van der Waals surface area contributed by atoms with Crippen LogP contribution in [0.1, 0.15) is 8.22 Å². The molecule has 0 atom stereocenters. The van der Waals surface area contributed by atoms with Gasteiger partial charge in [0.05, 0.1) is 53.3 Å². The van der Waals surface area contributed by atoms with Gasteiger partial charge in [0.25, 0.3) is 5.69 Å². The fraction of sp³-hybridized carbons (Fsp3) is 0.280. The highest BCUT2D eigenvalue weighted by atomic mass is 16.6. The molecule has 0 amide bonds. The third-order valence-corrected chi connectivity index (χ3v) is 11.2. The molecule has 4 aromatic heterocycles. The molecular weight excluding hydrogens is 861 g/mol. The van der Waals surface area contributed by atoms with Gasteiger partial charge in [-0.25, -0.2) is 19.9 Å². The van der Waals surface area contributed by atoms with Gasteiger partial charge in [-0.2, -0.15) is 0 Å². The van der Waals surface area contributed by atoms with Crippen molar-refractivity contribution in [2.45, 2.75) is 0 Å². The van der Waals surface area contributed by atoms with Crippen LogP contribution in [0.4, 0.5) is 46.0 Å². The number of likely N-dealkylation sites (N-methyl/N-ethyl adjacent to an activating group) is 4. The summed E-state index contributed by atoms with van der Waals surface area (Å²) in [6.45, 7) is -1.68. The zero-order valence-electron chi connectivity index (χ0n) is 45.4. The van der Waals surface area contributed by atoms with E-state index in [1.54, 1.807) is 75.2 Å². The van der Waals surface area contributed by atoms with Crippen molar-refractivity contribution in [1.29, 1.82) is 0 Å². The third kappa shape index (κ3) is 10.8. The number of para-hydroxylation sites is 2. The molecule has 354 valence electrons. The number of nitrogens with one attached hydrogen (secondary N) is 2. The van der Waals surface area contributed by atoms with Gasteiger partial charge in [-0.1, -0.05) is 36.4 Å². The first-order valence-corrected chi connectivity index (χ1v) is 21.6. The maximum atomic E-state index is 11.9. The molecule has 0 unspecified atom stereocenters. The molecule has 8 rings (SSSR count). The van der Waals surface area contributed by atoms with Crippen molar-refractivity contribution in [1.82, 2.24) is 38.9 Å². The molecule has 0 aliphatic rings. The van der Waals surface area contributed by atoms with Crippen molar-refractivity contribution in [3.8, 4) is 34.0 Å². The molecule has 18 heteroatoms. The van der Waals surface area contributed by atoms with E-state index in [0.29, 0.717) is 80.3 Å². The van der Waals surface area contributed by atoms with E-state index in [0.717, 1.165) is 36.1 Å². The summed E-state index contributed by atoms with van der Waals surface area (Å²) in [7, 11) is 14.8. The minimum atomic E-state index is -2.36. The van der Waals surface area contributed by atoms with Gasteiger partial charge in [0.15, 0.2) is 0 Å². The highest BCUT2D eigenvalue weighted by molar-refractivity contribution is 5.96. The molecule has 0 saturated heterocycles. The van der Waals surface area contributed by atoms with Crippen LogP contribution in [0, 0.1) is 10.1 Å². The molecule has 0 saturated carbocycles. The first-order chi connectivity index (χ1) is 35.1. The van der Waals surface area contributed by atoms with Gasteiger partial charge >= 0.3 is 0 Å². The van der Waals surface area contributed by atoms with E-state index in [1.165, 1.54) is 28.5 Å². The minimum absolute atomic E-state index is 0.0912. The topological polar surface area (TPSA) is 186 Å². The van der Waals surface area contributed by atoms with Crippen molar-refractivity contribution < 1.29 is 22.6 Å². The largest absolute Gasteiger partial charge is 0.494 e. The lowest BCUT2D eigenvalue weighted by Gasteiger charge is -2.24. The highest BCUT2D eigenvalue weighted by Gasteiger charge is 2.23. The van der Waals surface area contributed by atoms with Crippen LogP contribution in [0.3, 0.4) is 0 Å². The Morgan fingerprint density at radius 3 is 1.57 bits per heavy atom. The Labute approximate surface area is 405 Å². The summed E-state index contributed by atoms with van der Waals surface area (Å²) in [5, 5.41) is 19.7. The van der Waals surface area contributed by atoms with Crippen LogP contribution >= 0.6 is 0 Å². The number of hydrogen-bond donors (Lipinski definition) is 3. The zero-order valence-corrected chi connectivity index (χ0v) is 39.4. The lowest BCUT2D eigenvalue weighted by molar-refractivity contribution is -0.384. The molecule has 68 heavy (non-hydrogen) atoms. The lowest BCUT2D eigenvalue weighted by Crippen LogP contribution is -2.29. The Kier molecular flexibility index (Phi) is 12.5. The first-order valence-electron chi connectivity index (χ1n) is 24.6. The van der Waals surface area contributed by atoms with Crippen molar-refractivity contribution >= 4 is 67.8 Å². The fourth-order valence-electron chi connectivity index (χ4n) is 7.55. The SMILES string of the molecule is [2H]C([2H])([2H])n1cc(-c2ccnc(Nc3cc(N)c(N(C)CCN(C)C)cc3OC)n2)c2ccccc21.[2H]C([2H])([2H])n1cc(-c2ccnc(Nc3cc([N+](=O)[O-])c(N(C)CCN(C)C)cc3OC)n2)c2ccccc21. The van der Waals surface area contributed by atoms with Crippen molar-refractivity contribution in [2.75, 3.05) is 109 Å². The number of benzene rings is 4. The summed E-state index contributed by atoms with van der Waals surface area (Å²) >= 11 is 0. The van der Waals surface area contributed by atoms with Gasteiger partial charge in [-0.3, -0.25) is 10.1 Å². The number of nitrogen functional groups attached to an aromatic ring is 1. The smallest absolute Gasteiger partial charge is 0.294 e. The molecule has 0 spiro atoms. The number of aromatic nitrogens is 6. The van der Waals surface area contributed by atoms with E-state index in [-0.39, 0.29) is 11.6 Å². The minimum Gasteiger partial charge on any atom is -0.494 e. The number of aryl methyl sites for hydroxylation is 2. The van der Waals surface area contributed by atoms with Gasteiger partial charge in [0.2, 0.25) is 11.9 Å². The van der Waals surface area contributed by atoms with E-state index < -0.39 is 18.9 Å². The maximum Gasteiger partial charge on any atom is 0.294 e. The zero-order chi connectivity index (χ0) is 53.6. The average Bonchev–Trinajstić information content (AvgIpc) is 3.96. The number of nitrogens with two attached hydrogens (primary N) is 1. The predicted molar refractivity (Wildman–Crippen MR) is 275 cm³/mol. The second kappa shape index (κ2) is 21.1. The molecule has 4 N–H and O–H groups in total. The summed E-state index contributed by atoms with van der Waals surface area (Å²) in [5.41, 5.74) is 12.7. The van der Waals surface area contributed by atoms with Crippen LogP contribution in [0.25, 0.3) is 44.3 Å². The van der Waals surface area contributed by atoms with Gasteiger partial charge in [0.1, 0.15) is 17.2 Å². The molecule has 4 heterocycles. The molecule has 18 nitrogen and oxygen atoms in total. The van der Waals surface area contributed by atoms with Crippen LogP contribution < -0.4 is 35.6 Å². The van der Waals surface area contributed by atoms with Crippen LogP contribution in [-0.2, 0) is 14.0 Å². The van der Waals surface area contributed by atoms with E-state index >= 15 is 0 Å². The quantitative estimate of drug-likeness (QED) is 0.0450. The van der Waals surface area contributed by atoms with Crippen LogP contribution in [0.5, 0.6) is 11.5 Å². The number of nitrogens with zero attached hydrogens (tertiary/aromatic N) is 11. The number of rotatable bonds is 17. The summed E-state index contributed by atoms with van der Waals surface area (Å²) in [5.74, 6) is 1.50. The van der Waals surface area contributed by atoms with E-state index in [4.69, 9.17) is 23.4 Å². The number of nitro groups is 1. The maximum absolute atomic E-state index is 11.9. The number of hydrogen-bond acceptors (Lipinski definition) is 15. The van der Waals surface area contributed by atoms with Gasteiger partial charge in [-0.15, -0.1) is 0 Å². The number of methoxy groups -OCH3 is 2. The molecule has 0 aliphatic carbocycles. The average molecular weight is 927 g/mol. The second-order valence-electron chi connectivity index (χ2n) is 16.5. The van der Waals surface area contributed by atoms with Crippen molar-refractivity contribution in [3.63, 3.8) is 0 Å². The summed E-state index contributed by atoms with van der Waals surface area (Å²) in [6, 6.07) is 24.7. The van der Waals surface area contributed by atoms with E-state index in [9.17, 15) is 10.1 Å². The Balaban J connectivity index is 0.000000217. The van der Waals surface area contributed by atoms with Gasteiger partial charge in [-0.05, 0) is 58.5 Å². The molecule has 0 fully saturated rings. The monoisotopic (exact) mass is 927 g/mol. The third-order valence-electron chi connectivity index (χ3n) is 11.2. The summed E-state index contributed by atoms with van der Waals surface area (Å²) < 4.78 is 61.1. The Bertz CT molecular complexity index is 3270. The summed E-state index contributed by atoms with van der Waals surface area (Å²) in [4.78, 5) is 37.4. The molecule has 0 aliphatic heterocycles.